The van der Waals surface area contributed by atoms with Crippen LogP contribution in [-0.4, -0.2) is 61.4 Å². The van der Waals surface area contributed by atoms with Gasteiger partial charge < -0.3 is 15.2 Å². The van der Waals surface area contributed by atoms with Gasteiger partial charge in [-0.1, -0.05) is 11.8 Å². The van der Waals surface area contributed by atoms with Gasteiger partial charge in [-0.05, 0) is 19.1 Å². The lowest BCUT2D eigenvalue weighted by Crippen LogP contribution is -2.45. The van der Waals surface area contributed by atoms with Crippen LogP contribution in [0, 0.1) is 11.8 Å². The van der Waals surface area contributed by atoms with Crippen LogP contribution in [-0.2, 0) is 4.74 Å². The molecule has 1 atom stereocenters. The van der Waals surface area contributed by atoms with E-state index in [1.54, 1.807) is 12.1 Å². The van der Waals surface area contributed by atoms with E-state index in [9.17, 15) is 4.79 Å². The fourth-order valence-corrected chi connectivity index (χ4v) is 2.95. The summed E-state index contributed by atoms with van der Waals surface area (Å²) in [7, 11) is 0. The highest BCUT2D eigenvalue weighted by Gasteiger charge is 2.16. The van der Waals surface area contributed by atoms with E-state index in [0.29, 0.717) is 4.88 Å². The Labute approximate surface area is 128 Å². The van der Waals surface area contributed by atoms with Gasteiger partial charge in [-0.25, -0.2) is 0 Å². The van der Waals surface area contributed by atoms with Crippen LogP contribution in [0.5, 0.6) is 0 Å². The Hall–Kier alpha value is -1.39. The number of amides is 1. The third-order valence-corrected chi connectivity index (χ3v) is 4.13. The number of aliphatic hydroxyl groups is 1. The van der Waals surface area contributed by atoms with Crippen molar-refractivity contribution >= 4 is 17.2 Å². The monoisotopic (exact) mass is 308 g/mol. The molecule has 1 amide bonds. The SMILES string of the molecule is CC(CN1CCOCC1)NC(=O)c1ccc(C#CCO)s1. The molecule has 0 saturated carbocycles. The summed E-state index contributed by atoms with van der Waals surface area (Å²) in [5, 5.41) is 11.7. The molecule has 1 fully saturated rings. The van der Waals surface area contributed by atoms with Gasteiger partial charge in [-0.3, -0.25) is 9.69 Å². The molecule has 0 spiro atoms. The summed E-state index contributed by atoms with van der Waals surface area (Å²) in [6.07, 6.45) is 0. The highest BCUT2D eigenvalue weighted by atomic mass is 32.1. The number of nitrogens with zero attached hydrogens (tertiary/aromatic N) is 1. The Balaban J connectivity index is 1.83. The molecule has 0 aromatic carbocycles. The average Bonchev–Trinajstić information content (AvgIpc) is 2.95. The summed E-state index contributed by atoms with van der Waals surface area (Å²) in [5.41, 5.74) is 0. The molecule has 2 rings (SSSR count). The second kappa shape index (κ2) is 8.15. The van der Waals surface area contributed by atoms with E-state index in [-0.39, 0.29) is 18.6 Å². The third-order valence-electron chi connectivity index (χ3n) is 3.13. The van der Waals surface area contributed by atoms with Crippen molar-refractivity contribution in [2.75, 3.05) is 39.5 Å². The zero-order valence-electron chi connectivity index (χ0n) is 12.1. The molecule has 2 N–H and O–H groups in total. The fraction of sp³-hybridized carbons (Fsp3) is 0.533. The Morgan fingerprint density at radius 2 is 2.29 bits per heavy atom. The number of hydrogen-bond donors (Lipinski definition) is 2. The second-order valence-corrected chi connectivity index (χ2v) is 6.00. The van der Waals surface area contributed by atoms with Crippen molar-refractivity contribution in [1.82, 2.24) is 10.2 Å². The first-order chi connectivity index (χ1) is 10.2. The number of nitrogens with one attached hydrogen (secondary N) is 1. The summed E-state index contributed by atoms with van der Waals surface area (Å²) in [6, 6.07) is 3.65. The molecule has 0 aliphatic carbocycles. The summed E-state index contributed by atoms with van der Waals surface area (Å²) < 4.78 is 5.31. The summed E-state index contributed by atoms with van der Waals surface area (Å²) in [6.45, 7) is 6.03. The van der Waals surface area contributed by atoms with Crippen molar-refractivity contribution < 1.29 is 14.6 Å². The van der Waals surface area contributed by atoms with Gasteiger partial charge in [0.1, 0.15) is 6.61 Å². The highest BCUT2D eigenvalue weighted by molar-refractivity contribution is 7.14. The standard InChI is InChI=1S/C15H20N2O3S/c1-12(11-17-6-9-20-10-7-17)16-15(19)14-5-4-13(21-14)3-2-8-18/h4-5,12,18H,6-11H2,1H3,(H,16,19). The van der Waals surface area contributed by atoms with Crippen molar-refractivity contribution in [2.24, 2.45) is 0 Å². The van der Waals surface area contributed by atoms with Crippen molar-refractivity contribution in [3.05, 3.63) is 21.9 Å². The minimum Gasteiger partial charge on any atom is -0.384 e. The van der Waals surface area contributed by atoms with Gasteiger partial charge >= 0.3 is 0 Å². The fourth-order valence-electron chi connectivity index (χ4n) is 2.17. The van der Waals surface area contributed by atoms with E-state index in [0.717, 1.165) is 37.7 Å². The van der Waals surface area contributed by atoms with E-state index < -0.39 is 0 Å². The third kappa shape index (κ3) is 5.14. The van der Waals surface area contributed by atoms with E-state index >= 15 is 0 Å². The van der Waals surface area contributed by atoms with Gasteiger partial charge in [-0.15, -0.1) is 11.3 Å². The van der Waals surface area contributed by atoms with Gasteiger partial charge in [-0.2, -0.15) is 0 Å². The van der Waals surface area contributed by atoms with Gasteiger partial charge in [0.25, 0.3) is 5.91 Å². The van der Waals surface area contributed by atoms with Crippen LogP contribution in [0.15, 0.2) is 12.1 Å². The molecule has 1 unspecified atom stereocenters. The minimum atomic E-state index is -0.171. The van der Waals surface area contributed by atoms with E-state index in [4.69, 9.17) is 9.84 Å². The quantitative estimate of drug-likeness (QED) is 0.797. The predicted octanol–water partition coefficient (Wildman–Crippen LogP) is 0.542. The van der Waals surface area contributed by atoms with Gasteiger partial charge in [0.2, 0.25) is 0 Å². The van der Waals surface area contributed by atoms with Crippen LogP contribution < -0.4 is 5.32 Å². The molecule has 21 heavy (non-hydrogen) atoms. The van der Waals surface area contributed by atoms with Crippen molar-refractivity contribution in [3.8, 4) is 11.8 Å². The van der Waals surface area contributed by atoms with Crippen molar-refractivity contribution in [3.63, 3.8) is 0 Å². The summed E-state index contributed by atoms with van der Waals surface area (Å²) in [4.78, 5) is 15.9. The number of morpholine rings is 1. The Morgan fingerprint density at radius 3 is 3.00 bits per heavy atom. The predicted molar refractivity (Wildman–Crippen MR) is 82.5 cm³/mol. The van der Waals surface area contributed by atoms with Gasteiger partial charge in [0.15, 0.2) is 0 Å². The normalized spacial score (nSPS) is 16.9. The first kappa shape index (κ1) is 16.0. The Bertz CT molecular complexity index is 527. The maximum atomic E-state index is 12.1. The number of thiophene rings is 1. The van der Waals surface area contributed by atoms with Crippen LogP contribution >= 0.6 is 11.3 Å². The molecule has 6 heteroatoms. The number of aliphatic hydroxyl groups excluding tert-OH is 1. The summed E-state index contributed by atoms with van der Waals surface area (Å²) >= 11 is 1.34. The largest absolute Gasteiger partial charge is 0.384 e. The van der Waals surface area contributed by atoms with Gasteiger partial charge in [0, 0.05) is 25.7 Å². The number of ether oxygens (including phenoxy) is 1. The molecule has 1 aromatic heterocycles. The van der Waals surface area contributed by atoms with Crippen LogP contribution in [0.4, 0.5) is 0 Å². The topological polar surface area (TPSA) is 61.8 Å². The molecule has 1 saturated heterocycles. The van der Waals surface area contributed by atoms with Crippen LogP contribution in [0.3, 0.4) is 0 Å². The smallest absolute Gasteiger partial charge is 0.261 e. The van der Waals surface area contributed by atoms with Crippen molar-refractivity contribution in [2.45, 2.75) is 13.0 Å². The maximum Gasteiger partial charge on any atom is 0.261 e. The van der Waals surface area contributed by atoms with Gasteiger partial charge in [0.05, 0.1) is 23.0 Å². The molecule has 5 nitrogen and oxygen atoms in total. The van der Waals surface area contributed by atoms with E-state index in [1.165, 1.54) is 11.3 Å². The van der Waals surface area contributed by atoms with Crippen molar-refractivity contribution in [1.29, 1.82) is 0 Å². The van der Waals surface area contributed by atoms with Crippen LogP contribution in [0.25, 0.3) is 0 Å². The van der Waals surface area contributed by atoms with Crippen LogP contribution in [0.1, 0.15) is 21.5 Å². The van der Waals surface area contributed by atoms with Crippen LogP contribution in [0.2, 0.25) is 0 Å². The molecule has 114 valence electrons. The number of rotatable bonds is 4. The average molecular weight is 308 g/mol. The second-order valence-electron chi connectivity index (χ2n) is 4.91. The Kier molecular flexibility index (Phi) is 6.21. The van der Waals surface area contributed by atoms with E-state index in [1.807, 2.05) is 6.92 Å². The molecule has 1 aliphatic rings. The lowest BCUT2D eigenvalue weighted by molar-refractivity contribution is 0.0342. The molecule has 1 aromatic rings. The molecular formula is C15H20N2O3S. The lowest BCUT2D eigenvalue weighted by atomic mass is 10.2. The minimum absolute atomic E-state index is 0.0715. The molecule has 2 heterocycles. The highest BCUT2D eigenvalue weighted by Crippen LogP contribution is 2.15. The van der Waals surface area contributed by atoms with E-state index in [2.05, 4.69) is 22.1 Å². The zero-order chi connectivity index (χ0) is 15.1. The first-order valence-corrected chi connectivity index (χ1v) is 7.81. The first-order valence-electron chi connectivity index (χ1n) is 6.99. The number of hydrogen-bond acceptors (Lipinski definition) is 5. The number of carbonyl (C=O) groups excluding carboxylic acids is 1. The Morgan fingerprint density at radius 1 is 1.52 bits per heavy atom. The lowest BCUT2D eigenvalue weighted by Gasteiger charge is -2.29. The maximum absolute atomic E-state index is 12.1. The number of carbonyl (C=O) groups is 1. The zero-order valence-corrected chi connectivity index (χ0v) is 12.9. The summed E-state index contributed by atoms with van der Waals surface area (Å²) in [5.74, 6) is 5.31. The molecular weight excluding hydrogens is 288 g/mol. The molecule has 0 bridgehead atoms. The molecule has 1 aliphatic heterocycles. The molecule has 0 radical (unpaired) electrons.